The Morgan fingerprint density at radius 2 is 2.04 bits per heavy atom. The fourth-order valence-corrected chi connectivity index (χ4v) is 3.55. The SMILES string of the molecule is CC(C)CNC(=O)c1ccc2c(-c3cnc4c(c3)CN(C)C4=O)cccc2c1. The van der Waals surface area contributed by atoms with E-state index in [-0.39, 0.29) is 11.8 Å². The molecule has 2 aromatic carbocycles. The Kier molecular flexibility index (Phi) is 4.59. The monoisotopic (exact) mass is 373 g/mol. The van der Waals surface area contributed by atoms with E-state index >= 15 is 0 Å². The van der Waals surface area contributed by atoms with Gasteiger partial charge in [-0.1, -0.05) is 38.1 Å². The lowest BCUT2D eigenvalue weighted by molar-refractivity contribution is 0.0812. The van der Waals surface area contributed by atoms with Gasteiger partial charge in [0, 0.05) is 43.0 Å². The van der Waals surface area contributed by atoms with Crippen molar-refractivity contribution in [1.29, 1.82) is 0 Å². The molecule has 1 aliphatic rings. The van der Waals surface area contributed by atoms with Crippen molar-refractivity contribution in [3.63, 3.8) is 0 Å². The van der Waals surface area contributed by atoms with Crippen molar-refractivity contribution < 1.29 is 9.59 Å². The summed E-state index contributed by atoms with van der Waals surface area (Å²) in [6.45, 7) is 5.39. The van der Waals surface area contributed by atoms with Gasteiger partial charge in [-0.25, -0.2) is 0 Å². The van der Waals surface area contributed by atoms with Crippen LogP contribution in [0.2, 0.25) is 0 Å². The van der Waals surface area contributed by atoms with Gasteiger partial charge in [-0.05, 0) is 40.5 Å². The minimum atomic E-state index is -0.0539. The number of nitrogens with one attached hydrogen (secondary N) is 1. The van der Waals surface area contributed by atoms with Crippen molar-refractivity contribution >= 4 is 22.6 Å². The van der Waals surface area contributed by atoms with E-state index in [9.17, 15) is 9.59 Å². The molecule has 2 amide bonds. The van der Waals surface area contributed by atoms with Gasteiger partial charge in [0.2, 0.25) is 0 Å². The van der Waals surface area contributed by atoms with E-state index in [1.165, 1.54) is 0 Å². The van der Waals surface area contributed by atoms with E-state index in [1.54, 1.807) is 18.1 Å². The van der Waals surface area contributed by atoms with Gasteiger partial charge in [-0.2, -0.15) is 0 Å². The van der Waals surface area contributed by atoms with E-state index in [4.69, 9.17) is 0 Å². The van der Waals surface area contributed by atoms with Crippen molar-refractivity contribution in [3.8, 4) is 11.1 Å². The molecule has 0 fully saturated rings. The minimum Gasteiger partial charge on any atom is -0.352 e. The van der Waals surface area contributed by atoms with Gasteiger partial charge in [-0.15, -0.1) is 0 Å². The van der Waals surface area contributed by atoms with Crippen LogP contribution in [0, 0.1) is 5.92 Å². The van der Waals surface area contributed by atoms with Crippen LogP contribution in [-0.2, 0) is 6.54 Å². The predicted octanol–water partition coefficient (Wildman–Crippen LogP) is 3.87. The molecule has 0 unspecified atom stereocenters. The van der Waals surface area contributed by atoms with Gasteiger partial charge >= 0.3 is 0 Å². The number of fused-ring (bicyclic) bond motifs is 2. The highest BCUT2D eigenvalue weighted by Crippen LogP contribution is 2.31. The second-order valence-corrected chi connectivity index (χ2v) is 7.74. The number of benzene rings is 2. The van der Waals surface area contributed by atoms with Gasteiger partial charge in [0.25, 0.3) is 11.8 Å². The highest BCUT2D eigenvalue weighted by molar-refractivity contribution is 6.03. The molecule has 0 saturated heterocycles. The number of rotatable bonds is 4. The molecule has 0 spiro atoms. The second kappa shape index (κ2) is 7.08. The van der Waals surface area contributed by atoms with Crippen LogP contribution >= 0.6 is 0 Å². The maximum absolute atomic E-state index is 12.4. The van der Waals surface area contributed by atoms with Crippen molar-refractivity contribution in [2.75, 3.05) is 13.6 Å². The maximum Gasteiger partial charge on any atom is 0.272 e. The summed E-state index contributed by atoms with van der Waals surface area (Å²) >= 11 is 0. The topological polar surface area (TPSA) is 62.3 Å². The molecular weight excluding hydrogens is 350 g/mol. The fraction of sp³-hybridized carbons (Fsp3) is 0.261. The molecule has 3 aromatic rings. The Balaban J connectivity index is 1.71. The molecule has 1 aromatic heterocycles. The minimum absolute atomic E-state index is 0.0310. The predicted molar refractivity (Wildman–Crippen MR) is 110 cm³/mol. The molecule has 0 saturated carbocycles. The number of hydrogen-bond donors (Lipinski definition) is 1. The molecule has 1 aliphatic heterocycles. The van der Waals surface area contributed by atoms with Crippen LogP contribution in [-0.4, -0.2) is 35.3 Å². The average Bonchev–Trinajstić information content (AvgIpc) is 2.98. The largest absolute Gasteiger partial charge is 0.352 e. The zero-order valence-corrected chi connectivity index (χ0v) is 16.3. The Hall–Kier alpha value is -3.21. The summed E-state index contributed by atoms with van der Waals surface area (Å²) in [7, 11) is 1.79. The van der Waals surface area contributed by atoms with Crippen LogP contribution in [0.5, 0.6) is 0 Å². The first kappa shape index (κ1) is 18.2. The van der Waals surface area contributed by atoms with E-state index < -0.39 is 0 Å². The van der Waals surface area contributed by atoms with Gasteiger partial charge in [-0.3, -0.25) is 14.6 Å². The van der Waals surface area contributed by atoms with Gasteiger partial charge in [0.15, 0.2) is 0 Å². The zero-order valence-electron chi connectivity index (χ0n) is 16.3. The van der Waals surface area contributed by atoms with Crippen molar-refractivity contribution in [3.05, 3.63) is 65.5 Å². The Morgan fingerprint density at radius 1 is 1.21 bits per heavy atom. The molecule has 0 radical (unpaired) electrons. The second-order valence-electron chi connectivity index (χ2n) is 7.74. The summed E-state index contributed by atoms with van der Waals surface area (Å²) in [4.78, 5) is 30.5. The van der Waals surface area contributed by atoms with E-state index in [0.29, 0.717) is 30.3 Å². The summed E-state index contributed by atoms with van der Waals surface area (Å²) in [6, 6.07) is 13.9. The fourth-order valence-electron chi connectivity index (χ4n) is 3.55. The first-order chi connectivity index (χ1) is 13.4. The number of pyridine rings is 1. The summed E-state index contributed by atoms with van der Waals surface area (Å²) in [6.07, 6.45) is 1.76. The maximum atomic E-state index is 12.4. The third-order valence-electron chi connectivity index (χ3n) is 5.05. The quantitative estimate of drug-likeness (QED) is 0.755. The summed E-state index contributed by atoms with van der Waals surface area (Å²) in [5, 5.41) is 5.02. The van der Waals surface area contributed by atoms with Gasteiger partial charge in [0.1, 0.15) is 5.69 Å². The Bertz CT molecular complexity index is 1090. The number of carbonyl (C=O) groups is 2. The molecule has 4 rings (SSSR count). The van der Waals surface area contributed by atoms with Crippen molar-refractivity contribution in [1.82, 2.24) is 15.2 Å². The van der Waals surface area contributed by atoms with E-state index in [0.717, 1.165) is 27.5 Å². The molecule has 28 heavy (non-hydrogen) atoms. The first-order valence-electron chi connectivity index (χ1n) is 9.50. The molecule has 1 N–H and O–H groups in total. The number of aromatic nitrogens is 1. The summed E-state index contributed by atoms with van der Waals surface area (Å²) in [5.74, 6) is 0.326. The van der Waals surface area contributed by atoms with E-state index in [2.05, 4.69) is 24.1 Å². The lowest BCUT2D eigenvalue weighted by Crippen LogP contribution is -2.27. The molecule has 5 heteroatoms. The lowest BCUT2D eigenvalue weighted by atomic mass is 9.96. The van der Waals surface area contributed by atoms with Crippen LogP contribution in [0.1, 0.15) is 40.3 Å². The number of amides is 2. The van der Waals surface area contributed by atoms with Gasteiger partial charge in [0.05, 0.1) is 0 Å². The lowest BCUT2D eigenvalue weighted by Gasteiger charge is -2.11. The third-order valence-corrected chi connectivity index (χ3v) is 5.05. The molecule has 5 nitrogen and oxygen atoms in total. The molecular formula is C23H23N3O2. The number of nitrogens with zero attached hydrogens (tertiary/aromatic N) is 2. The van der Waals surface area contributed by atoms with Crippen molar-refractivity contribution in [2.45, 2.75) is 20.4 Å². The van der Waals surface area contributed by atoms with Crippen molar-refractivity contribution in [2.24, 2.45) is 5.92 Å². The average molecular weight is 373 g/mol. The smallest absolute Gasteiger partial charge is 0.272 e. The molecule has 0 aliphatic carbocycles. The summed E-state index contributed by atoms with van der Waals surface area (Å²) < 4.78 is 0. The van der Waals surface area contributed by atoms with Crippen LogP contribution in [0.3, 0.4) is 0 Å². The zero-order chi connectivity index (χ0) is 19.8. The van der Waals surface area contributed by atoms with Crippen LogP contribution in [0.4, 0.5) is 0 Å². The molecule has 0 bridgehead atoms. The Morgan fingerprint density at radius 3 is 2.82 bits per heavy atom. The van der Waals surface area contributed by atoms with Gasteiger partial charge < -0.3 is 10.2 Å². The van der Waals surface area contributed by atoms with Crippen LogP contribution in [0.25, 0.3) is 21.9 Å². The highest BCUT2D eigenvalue weighted by atomic mass is 16.2. The van der Waals surface area contributed by atoms with E-state index in [1.807, 2.05) is 42.5 Å². The molecule has 0 atom stereocenters. The number of hydrogen-bond acceptors (Lipinski definition) is 3. The standard InChI is InChI=1S/C23H23N3O2/c1-14(2)11-25-22(27)16-7-8-20-15(9-16)5-4-6-19(20)17-10-18-13-26(3)23(28)21(18)24-12-17/h4-10,12,14H,11,13H2,1-3H3,(H,25,27). The molecule has 2 heterocycles. The van der Waals surface area contributed by atoms with Crippen LogP contribution in [0.15, 0.2) is 48.7 Å². The normalized spacial score (nSPS) is 13.3. The number of carbonyl (C=O) groups excluding carboxylic acids is 2. The Labute approximate surface area is 164 Å². The third kappa shape index (κ3) is 3.24. The highest BCUT2D eigenvalue weighted by Gasteiger charge is 2.26. The molecule has 142 valence electrons. The van der Waals surface area contributed by atoms with Crippen LogP contribution < -0.4 is 5.32 Å². The summed E-state index contributed by atoms with van der Waals surface area (Å²) in [5.41, 5.74) is 4.17. The first-order valence-corrected chi connectivity index (χ1v) is 9.50.